The Kier molecular flexibility index (Phi) is 4.03. The zero-order valence-electron chi connectivity index (χ0n) is 9.45. The third-order valence-electron chi connectivity index (χ3n) is 2.25. The minimum atomic E-state index is 0.445. The molecule has 2 nitrogen and oxygen atoms in total. The van der Waals surface area contributed by atoms with E-state index in [1.807, 2.05) is 18.4 Å². The Morgan fingerprint density at radius 1 is 1.44 bits per heavy atom. The number of aryl methyl sites for hydroxylation is 1. The van der Waals surface area contributed by atoms with E-state index in [1.165, 1.54) is 11.3 Å². The summed E-state index contributed by atoms with van der Waals surface area (Å²) >= 11 is 13.5. The maximum atomic E-state index is 9.18. The zero-order valence-corrected chi connectivity index (χ0v) is 11.8. The minimum Gasteiger partial charge on any atom is -0.241 e. The smallest absolute Gasteiger partial charge is 0.134 e. The van der Waals surface area contributed by atoms with Crippen LogP contribution < -0.4 is 0 Å². The molecule has 1 heterocycles. The molecule has 0 aliphatic rings. The van der Waals surface area contributed by atoms with Crippen LogP contribution in [0.3, 0.4) is 0 Å². The van der Waals surface area contributed by atoms with Crippen molar-refractivity contribution in [3.8, 4) is 6.07 Å². The normalized spacial score (nSPS) is 11.3. The summed E-state index contributed by atoms with van der Waals surface area (Å²) in [5, 5.41) is 12.7. The first-order chi connectivity index (χ1) is 8.61. The van der Waals surface area contributed by atoms with Crippen molar-refractivity contribution in [1.29, 1.82) is 5.26 Å². The molecule has 2 aromatic rings. The van der Waals surface area contributed by atoms with Gasteiger partial charge in [0.1, 0.15) is 11.1 Å². The van der Waals surface area contributed by atoms with Crippen LogP contribution in [0.4, 0.5) is 0 Å². The van der Waals surface area contributed by atoms with Gasteiger partial charge in [-0.3, -0.25) is 0 Å². The lowest BCUT2D eigenvalue weighted by Gasteiger charge is -2.00. The maximum Gasteiger partial charge on any atom is 0.134 e. The van der Waals surface area contributed by atoms with Crippen LogP contribution in [0, 0.1) is 18.3 Å². The number of benzene rings is 1. The van der Waals surface area contributed by atoms with Crippen LogP contribution in [-0.2, 0) is 0 Å². The Balaban J connectivity index is 2.48. The number of thiazole rings is 1. The van der Waals surface area contributed by atoms with E-state index in [1.54, 1.807) is 18.2 Å². The highest BCUT2D eigenvalue weighted by molar-refractivity contribution is 7.11. The number of nitrogens with zero attached hydrogens (tertiary/aromatic N) is 2. The maximum absolute atomic E-state index is 9.18. The first-order valence-corrected chi connectivity index (χ1v) is 6.73. The average Bonchev–Trinajstić information content (AvgIpc) is 2.78. The van der Waals surface area contributed by atoms with Crippen LogP contribution in [0.1, 0.15) is 16.3 Å². The molecule has 1 aromatic carbocycles. The molecule has 5 heteroatoms. The van der Waals surface area contributed by atoms with Gasteiger partial charge in [-0.15, -0.1) is 11.3 Å². The molecule has 0 radical (unpaired) electrons. The van der Waals surface area contributed by atoms with Crippen molar-refractivity contribution >= 4 is 46.2 Å². The van der Waals surface area contributed by atoms with Gasteiger partial charge in [-0.2, -0.15) is 5.26 Å². The summed E-state index contributed by atoms with van der Waals surface area (Å²) in [5.41, 5.74) is 2.10. The summed E-state index contributed by atoms with van der Waals surface area (Å²) in [6.45, 7) is 1.89. The second-order valence-electron chi connectivity index (χ2n) is 3.61. The molecule has 0 spiro atoms. The molecule has 0 unspecified atom stereocenters. The SMILES string of the molecule is Cc1csc(/C(C#N)=C/c2cccc(Cl)c2Cl)n1. The fourth-order valence-electron chi connectivity index (χ4n) is 1.41. The molecule has 0 aliphatic carbocycles. The molecule has 0 aliphatic heterocycles. The van der Waals surface area contributed by atoms with Gasteiger partial charge in [0.25, 0.3) is 0 Å². The number of aromatic nitrogens is 1. The third kappa shape index (κ3) is 2.73. The van der Waals surface area contributed by atoms with Crippen LogP contribution in [0.15, 0.2) is 23.6 Å². The Morgan fingerprint density at radius 3 is 2.83 bits per heavy atom. The first-order valence-electron chi connectivity index (χ1n) is 5.10. The third-order valence-corrected chi connectivity index (χ3v) is 4.08. The van der Waals surface area contributed by atoms with E-state index in [-0.39, 0.29) is 0 Å². The summed E-state index contributed by atoms with van der Waals surface area (Å²) in [6, 6.07) is 7.45. The van der Waals surface area contributed by atoms with Crippen molar-refractivity contribution in [3.63, 3.8) is 0 Å². The summed E-state index contributed by atoms with van der Waals surface area (Å²) < 4.78 is 0. The molecule has 0 amide bonds. The Hall–Kier alpha value is -1.34. The van der Waals surface area contributed by atoms with E-state index < -0.39 is 0 Å². The van der Waals surface area contributed by atoms with Crippen molar-refractivity contribution in [1.82, 2.24) is 4.98 Å². The monoisotopic (exact) mass is 294 g/mol. The quantitative estimate of drug-likeness (QED) is 0.744. The fraction of sp³-hybridized carbons (Fsp3) is 0.0769. The van der Waals surface area contributed by atoms with E-state index in [9.17, 15) is 5.26 Å². The van der Waals surface area contributed by atoms with Gasteiger partial charge >= 0.3 is 0 Å². The van der Waals surface area contributed by atoms with Crippen LogP contribution in [0.25, 0.3) is 11.6 Å². The van der Waals surface area contributed by atoms with Crippen molar-refractivity contribution < 1.29 is 0 Å². The van der Waals surface area contributed by atoms with E-state index in [0.29, 0.717) is 26.2 Å². The largest absolute Gasteiger partial charge is 0.241 e. The molecule has 1 aromatic heterocycles. The van der Waals surface area contributed by atoms with E-state index in [2.05, 4.69) is 11.1 Å². The molecule has 0 saturated heterocycles. The van der Waals surface area contributed by atoms with Crippen molar-refractivity contribution in [2.24, 2.45) is 0 Å². The number of allylic oxidation sites excluding steroid dienone is 1. The highest BCUT2D eigenvalue weighted by Crippen LogP contribution is 2.29. The summed E-state index contributed by atoms with van der Waals surface area (Å²) in [4.78, 5) is 4.28. The molecular weight excluding hydrogens is 287 g/mol. The summed E-state index contributed by atoms with van der Waals surface area (Å²) in [7, 11) is 0. The topological polar surface area (TPSA) is 36.7 Å². The van der Waals surface area contributed by atoms with Crippen LogP contribution in [0.5, 0.6) is 0 Å². The lowest BCUT2D eigenvalue weighted by Crippen LogP contribution is -1.83. The van der Waals surface area contributed by atoms with E-state index >= 15 is 0 Å². The minimum absolute atomic E-state index is 0.445. The predicted molar refractivity (Wildman–Crippen MR) is 76.8 cm³/mol. The number of halogens is 2. The number of nitriles is 1. The van der Waals surface area contributed by atoms with Crippen molar-refractivity contribution in [2.45, 2.75) is 6.92 Å². The molecular formula is C13H8Cl2N2S. The van der Waals surface area contributed by atoms with Gasteiger partial charge in [0.2, 0.25) is 0 Å². The molecule has 0 fully saturated rings. The predicted octanol–water partition coefficient (Wildman–Crippen LogP) is 4.82. The average molecular weight is 295 g/mol. The van der Waals surface area contributed by atoms with E-state index in [0.717, 1.165) is 5.69 Å². The molecule has 18 heavy (non-hydrogen) atoms. The summed E-state index contributed by atoms with van der Waals surface area (Å²) in [5.74, 6) is 0. The van der Waals surface area contributed by atoms with Crippen LogP contribution in [-0.4, -0.2) is 4.98 Å². The first kappa shape index (κ1) is 13.1. The molecule has 2 rings (SSSR count). The Morgan fingerprint density at radius 2 is 2.22 bits per heavy atom. The van der Waals surface area contributed by atoms with E-state index in [4.69, 9.17) is 23.2 Å². The standard InChI is InChI=1S/C13H8Cl2N2S/c1-8-7-18-13(17-8)10(6-16)5-9-3-2-4-11(14)12(9)15/h2-5,7H,1H3/b10-5+. The molecule has 0 atom stereocenters. The van der Waals surface area contributed by atoms with Gasteiger partial charge in [0.15, 0.2) is 0 Å². The highest BCUT2D eigenvalue weighted by atomic mass is 35.5. The van der Waals surface area contributed by atoms with Crippen LogP contribution in [0.2, 0.25) is 10.0 Å². The van der Waals surface area contributed by atoms with Gasteiger partial charge in [0, 0.05) is 11.1 Å². The Labute approximate surface area is 119 Å². The lowest BCUT2D eigenvalue weighted by atomic mass is 10.1. The van der Waals surface area contributed by atoms with Gasteiger partial charge < -0.3 is 0 Å². The fourth-order valence-corrected chi connectivity index (χ4v) is 2.53. The van der Waals surface area contributed by atoms with Crippen molar-refractivity contribution in [3.05, 3.63) is 49.9 Å². The number of rotatable bonds is 2. The molecule has 90 valence electrons. The van der Waals surface area contributed by atoms with Crippen molar-refractivity contribution in [2.75, 3.05) is 0 Å². The van der Waals surface area contributed by atoms with Gasteiger partial charge in [-0.1, -0.05) is 35.3 Å². The lowest BCUT2D eigenvalue weighted by molar-refractivity contribution is 1.25. The summed E-state index contributed by atoms with van der Waals surface area (Å²) in [6.07, 6.45) is 1.70. The molecule has 0 saturated carbocycles. The highest BCUT2D eigenvalue weighted by Gasteiger charge is 2.08. The second-order valence-corrected chi connectivity index (χ2v) is 5.25. The van der Waals surface area contributed by atoms with Gasteiger partial charge in [0.05, 0.1) is 15.6 Å². The van der Waals surface area contributed by atoms with Gasteiger partial charge in [-0.05, 0) is 24.6 Å². The number of hydrogen-bond acceptors (Lipinski definition) is 3. The molecule has 0 N–H and O–H groups in total. The number of hydrogen-bond donors (Lipinski definition) is 0. The zero-order chi connectivity index (χ0) is 13.1. The second kappa shape index (κ2) is 5.53. The van der Waals surface area contributed by atoms with Gasteiger partial charge in [-0.25, -0.2) is 4.98 Å². The van der Waals surface area contributed by atoms with Crippen LogP contribution >= 0.6 is 34.5 Å². The Bertz CT molecular complexity index is 653. The molecule has 0 bridgehead atoms.